The predicted octanol–water partition coefficient (Wildman–Crippen LogP) is 2.48. The van der Waals surface area contributed by atoms with Crippen molar-refractivity contribution in [3.63, 3.8) is 0 Å². The molecule has 6 rings (SSSR count). The number of pyridine rings is 1. The normalized spacial score (nSPS) is 23.6. The molecule has 0 aliphatic carbocycles. The number of piperidine rings is 1. The van der Waals surface area contributed by atoms with Gasteiger partial charge >= 0.3 is 0 Å². The first-order valence-corrected chi connectivity index (χ1v) is 10.0. The van der Waals surface area contributed by atoms with E-state index < -0.39 is 0 Å². The van der Waals surface area contributed by atoms with Crippen molar-refractivity contribution in [2.24, 2.45) is 5.92 Å². The number of carbonyl (C=O) groups excluding carboxylic acids is 1. The van der Waals surface area contributed by atoms with Crippen LogP contribution in [0.2, 0.25) is 0 Å². The molecule has 0 saturated carbocycles. The summed E-state index contributed by atoms with van der Waals surface area (Å²) in [6, 6.07) is 12.2. The largest absolute Gasteiger partial charge is 0.454 e. The molecule has 6 nitrogen and oxygen atoms in total. The fourth-order valence-electron chi connectivity index (χ4n) is 4.66. The third kappa shape index (κ3) is 3.56. The highest BCUT2D eigenvalue weighted by atomic mass is 16.7. The summed E-state index contributed by atoms with van der Waals surface area (Å²) < 4.78 is 10.8. The molecule has 0 N–H and O–H groups in total. The number of nitrogens with zero attached hydrogens (tertiary/aromatic N) is 3. The lowest BCUT2D eigenvalue weighted by molar-refractivity contribution is -0.134. The lowest BCUT2D eigenvalue weighted by Gasteiger charge is -2.36. The van der Waals surface area contributed by atoms with Gasteiger partial charge in [0.1, 0.15) is 0 Å². The Kier molecular flexibility index (Phi) is 4.64. The molecule has 4 aliphatic rings. The Hall–Kier alpha value is -2.60. The van der Waals surface area contributed by atoms with Crippen LogP contribution >= 0.6 is 0 Å². The van der Waals surface area contributed by atoms with Crippen molar-refractivity contribution < 1.29 is 14.3 Å². The summed E-state index contributed by atoms with van der Waals surface area (Å²) in [7, 11) is 0. The fraction of sp³-hybridized carbons (Fsp3) is 0.455. The average molecular weight is 379 g/mol. The van der Waals surface area contributed by atoms with Crippen molar-refractivity contribution >= 4 is 5.91 Å². The van der Waals surface area contributed by atoms with E-state index in [0.29, 0.717) is 18.4 Å². The fourth-order valence-corrected chi connectivity index (χ4v) is 4.66. The zero-order valence-electron chi connectivity index (χ0n) is 15.9. The smallest absolute Gasteiger partial charge is 0.231 e. The highest BCUT2D eigenvalue weighted by molar-refractivity contribution is 5.79. The van der Waals surface area contributed by atoms with Crippen LogP contribution in [0.4, 0.5) is 0 Å². The quantitative estimate of drug-likeness (QED) is 0.817. The minimum atomic E-state index is 0.216. The van der Waals surface area contributed by atoms with Crippen LogP contribution in [-0.2, 0) is 17.8 Å². The molecule has 1 aromatic carbocycles. The molecule has 0 spiro atoms. The Morgan fingerprint density at radius 3 is 2.89 bits per heavy atom. The van der Waals surface area contributed by atoms with Crippen molar-refractivity contribution in [1.29, 1.82) is 0 Å². The molecule has 3 saturated heterocycles. The average Bonchev–Trinajstić information content (AvgIpc) is 3.00. The van der Waals surface area contributed by atoms with E-state index in [9.17, 15) is 4.79 Å². The number of fused-ring (bicyclic) bond motifs is 5. The van der Waals surface area contributed by atoms with E-state index in [2.05, 4.69) is 20.9 Å². The zero-order chi connectivity index (χ0) is 18.9. The standard InChI is InChI=1S/C22H25N3O3/c26-22(10-16-5-7-20-21(9-16)28-15-27-20)25-12-17-4-6-19(25)14-24(11-17)13-18-3-1-2-8-23-18/h1-3,5,7-9,17,19H,4,6,10-15H2/t17-,19+/m1/s1. The number of rotatable bonds is 4. The number of amides is 1. The van der Waals surface area contributed by atoms with E-state index in [1.807, 2.05) is 36.5 Å². The lowest BCUT2D eigenvalue weighted by Crippen LogP contribution is -2.48. The molecule has 4 aliphatic heterocycles. The second kappa shape index (κ2) is 7.43. The predicted molar refractivity (Wildman–Crippen MR) is 104 cm³/mol. The molecule has 0 unspecified atom stereocenters. The van der Waals surface area contributed by atoms with Crippen LogP contribution in [0, 0.1) is 5.92 Å². The van der Waals surface area contributed by atoms with Crippen LogP contribution in [0.1, 0.15) is 24.1 Å². The van der Waals surface area contributed by atoms with E-state index in [1.165, 1.54) is 6.42 Å². The van der Waals surface area contributed by atoms with Gasteiger partial charge in [0.25, 0.3) is 0 Å². The Morgan fingerprint density at radius 1 is 1.07 bits per heavy atom. The maximum Gasteiger partial charge on any atom is 0.231 e. The Bertz CT molecular complexity index is 857. The molecule has 3 fully saturated rings. The Morgan fingerprint density at radius 2 is 2.00 bits per heavy atom. The summed E-state index contributed by atoms with van der Waals surface area (Å²) in [4.78, 5) is 22.2. The summed E-state index contributed by atoms with van der Waals surface area (Å²) in [5, 5.41) is 0. The summed E-state index contributed by atoms with van der Waals surface area (Å²) in [6.45, 7) is 3.96. The maximum absolute atomic E-state index is 13.1. The molecule has 5 heterocycles. The maximum atomic E-state index is 13.1. The van der Waals surface area contributed by atoms with E-state index in [1.54, 1.807) is 0 Å². The number of hydrogen-bond acceptors (Lipinski definition) is 5. The first kappa shape index (κ1) is 17.5. The van der Waals surface area contributed by atoms with Gasteiger partial charge in [0.2, 0.25) is 12.7 Å². The number of benzene rings is 1. The molecule has 1 amide bonds. The van der Waals surface area contributed by atoms with Crippen LogP contribution in [0.5, 0.6) is 11.5 Å². The van der Waals surface area contributed by atoms with Gasteiger partial charge in [-0.25, -0.2) is 0 Å². The molecule has 6 heteroatoms. The van der Waals surface area contributed by atoms with Gasteiger partial charge in [-0.05, 0) is 48.6 Å². The van der Waals surface area contributed by atoms with Crippen LogP contribution in [0.25, 0.3) is 0 Å². The van der Waals surface area contributed by atoms with Gasteiger partial charge in [0.15, 0.2) is 11.5 Å². The van der Waals surface area contributed by atoms with E-state index in [0.717, 1.165) is 55.4 Å². The Balaban J connectivity index is 1.26. The molecule has 1 aromatic heterocycles. The number of ether oxygens (including phenoxy) is 2. The lowest BCUT2D eigenvalue weighted by atomic mass is 9.94. The first-order valence-electron chi connectivity index (χ1n) is 10.0. The van der Waals surface area contributed by atoms with Gasteiger partial charge in [-0.3, -0.25) is 14.7 Å². The van der Waals surface area contributed by atoms with E-state index in [-0.39, 0.29) is 12.7 Å². The first-order chi connectivity index (χ1) is 13.7. The highest BCUT2D eigenvalue weighted by Gasteiger charge is 2.37. The van der Waals surface area contributed by atoms with Gasteiger partial charge in [0, 0.05) is 38.4 Å². The minimum Gasteiger partial charge on any atom is -0.454 e. The third-order valence-electron chi connectivity index (χ3n) is 6.01. The van der Waals surface area contributed by atoms with Gasteiger partial charge in [0.05, 0.1) is 12.1 Å². The van der Waals surface area contributed by atoms with Crippen molar-refractivity contribution in [1.82, 2.24) is 14.8 Å². The van der Waals surface area contributed by atoms with Crippen LogP contribution in [0.15, 0.2) is 42.6 Å². The molecule has 28 heavy (non-hydrogen) atoms. The van der Waals surface area contributed by atoms with Gasteiger partial charge in [-0.2, -0.15) is 0 Å². The van der Waals surface area contributed by atoms with Gasteiger partial charge < -0.3 is 14.4 Å². The van der Waals surface area contributed by atoms with Crippen molar-refractivity contribution in [3.05, 3.63) is 53.9 Å². The summed E-state index contributed by atoms with van der Waals surface area (Å²) >= 11 is 0. The number of hydrogen-bond donors (Lipinski definition) is 0. The molecule has 2 bridgehead atoms. The summed E-state index contributed by atoms with van der Waals surface area (Å²) in [5.74, 6) is 2.26. The molecule has 146 valence electrons. The number of aromatic nitrogens is 1. The molecular formula is C22H25N3O3. The molecule has 2 atom stereocenters. The van der Waals surface area contributed by atoms with Crippen LogP contribution in [0.3, 0.4) is 0 Å². The van der Waals surface area contributed by atoms with Gasteiger partial charge in [-0.1, -0.05) is 12.1 Å². The zero-order valence-corrected chi connectivity index (χ0v) is 15.9. The topological polar surface area (TPSA) is 54.9 Å². The molecule has 0 radical (unpaired) electrons. The third-order valence-corrected chi connectivity index (χ3v) is 6.01. The monoisotopic (exact) mass is 379 g/mol. The minimum absolute atomic E-state index is 0.216. The van der Waals surface area contributed by atoms with Crippen LogP contribution < -0.4 is 9.47 Å². The van der Waals surface area contributed by atoms with Crippen molar-refractivity contribution in [2.45, 2.75) is 31.8 Å². The van der Waals surface area contributed by atoms with Crippen molar-refractivity contribution in [3.8, 4) is 11.5 Å². The highest BCUT2D eigenvalue weighted by Crippen LogP contribution is 2.33. The van der Waals surface area contributed by atoms with Crippen molar-refractivity contribution in [2.75, 3.05) is 26.4 Å². The second-order valence-corrected chi connectivity index (χ2v) is 8.02. The molecular weight excluding hydrogens is 354 g/mol. The van der Waals surface area contributed by atoms with E-state index >= 15 is 0 Å². The van der Waals surface area contributed by atoms with Crippen LogP contribution in [-0.4, -0.2) is 53.2 Å². The molecule has 2 aromatic rings. The second-order valence-electron chi connectivity index (χ2n) is 8.02. The summed E-state index contributed by atoms with van der Waals surface area (Å²) in [6.07, 6.45) is 4.57. The van der Waals surface area contributed by atoms with Gasteiger partial charge in [-0.15, -0.1) is 0 Å². The van der Waals surface area contributed by atoms with E-state index in [4.69, 9.17) is 9.47 Å². The number of carbonyl (C=O) groups is 1. The Labute approximate surface area is 165 Å². The summed E-state index contributed by atoms with van der Waals surface area (Å²) in [5.41, 5.74) is 2.08. The SMILES string of the molecule is O=C(Cc1ccc2c(c1)OCO2)N1C[C@@H]2CC[C@H]1CN(Cc1ccccn1)C2.